The van der Waals surface area contributed by atoms with E-state index in [1.807, 2.05) is 25.1 Å². The lowest BCUT2D eigenvalue weighted by Gasteiger charge is -2.06. The van der Waals surface area contributed by atoms with Gasteiger partial charge < -0.3 is 0 Å². The Morgan fingerprint density at radius 3 is 2.96 bits per heavy atom. The Hall–Kier alpha value is -2.25. The molecule has 0 fully saturated rings. The summed E-state index contributed by atoms with van der Waals surface area (Å²) in [5.41, 5.74) is 2.28. The summed E-state index contributed by atoms with van der Waals surface area (Å²) in [4.78, 5) is 28.1. The van der Waals surface area contributed by atoms with Crippen LogP contribution in [0.1, 0.15) is 23.2 Å². The zero-order valence-electron chi connectivity index (χ0n) is 13.9. The third-order valence-electron chi connectivity index (χ3n) is 3.98. The Balaban J connectivity index is 1.67. The predicted molar refractivity (Wildman–Crippen MR) is 103 cm³/mol. The molecule has 0 saturated carbocycles. The van der Waals surface area contributed by atoms with Gasteiger partial charge >= 0.3 is 0 Å². The molecule has 7 heteroatoms. The first kappa shape index (κ1) is 16.2. The number of thioether (sulfide) groups is 1. The van der Waals surface area contributed by atoms with E-state index in [9.17, 15) is 4.79 Å². The normalized spacial score (nSPS) is 11.4. The van der Waals surface area contributed by atoms with Crippen molar-refractivity contribution in [2.24, 2.45) is 0 Å². The maximum atomic E-state index is 12.4. The molecule has 0 aliphatic heterocycles. The maximum Gasteiger partial charge on any atom is 0.258 e. The smallest absolute Gasteiger partial charge is 0.258 e. The minimum absolute atomic E-state index is 0.0460. The average molecular weight is 368 g/mol. The van der Waals surface area contributed by atoms with Gasteiger partial charge in [0.2, 0.25) is 0 Å². The van der Waals surface area contributed by atoms with Crippen molar-refractivity contribution in [3.63, 3.8) is 0 Å². The molecule has 126 valence electrons. The molecule has 0 unspecified atom stereocenters. The number of aromatic nitrogens is 4. The first-order chi connectivity index (χ1) is 12.2. The lowest BCUT2D eigenvalue weighted by molar-refractivity contribution is 0.968. The number of thiophene rings is 1. The van der Waals surface area contributed by atoms with Gasteiger partial charge in [0, 0.05) is 27.8 Å². The molecule has 4 aromatic rings. The standard InChI is InChI=1S/C18H16N4OS2/c1-3-13-8-14-17(19-10-20-18(14)25-13)24-9-12-7-16(23)22-11(2)5-4-6-15(22)21-12/h4-8,10H,3,9H2,1-2H3. The van der Waals surface area contributed by atoms with Crippen molar-refractivity contribution < 1.29 is 0 Å². The van der Waals surface area contributed by atoms with Crippen molar-refractivity contribution in [2.75, 3.05) is 0 Å². The summed E-state index contributed by atoms with van der Waals surface area (Å²) in [5.74, 6) is 0.600. The van der Waals surface area contributed by atoms with E-state index < -0.39 is 0 Å². The first-order valence-corrected chi connectivity index (χ1v) is 9.80. The molecule has 0 atom stereocenters. The van der Waals surface area contributed by atoms with Crippen molar-refractivity contribution in [3.05, 3.63) is 63.3 Å². The highest BCUT2D eigenvalue weighted by atomic mass is 32.2. The molecule has 4 heterocycles. The van der Waals surface area contributed by atoms with Crippen molar-refractivity contribution in [1.29, 1.82) is 0 Å². The minimum Gasteiger partial charge on any atom is -0.269 e. The van der Waals surface area contributed by atoms with E-state index in [1.54, 1.807) is 39.9 Å². The Morgan fingerprint density at radius 1 is 1.24 bits per heavy atom. The lowest BCUT2D eigenvalue weighted by Crippen LogP contribution is -2.17. The van der Waals surface area contributed by atoms with E-state index >= 15 is 0 Å². The molecule has 0 amide bonds. The molecule has 4 aromatic heterocycles. The van der Waals surface area contributed by atoms with Gasteiger partial charge in [-0.1, -0.05) is 24.8 Å². The van der Waals surface area contributed by atoms with Gasteiger partial charge in [0.05, 0.1) is 5.69 Å². The van der Waals surface area contributed by atoms with E-state index in [4.69, 9.17) is 0 Å². The highest BCUT2D eigenvalue weighted by Crippen LogP contribution is 2.32. The molecular weight excluding hydrogens is 352 g/mol. The largest absolute Gasteiger partial charge is 0.269 e. The summed E-state index contributed by atoms with van der Waals surface area (Å²) in [6.07, 6.45) is 2.60. The van der Waals surface area contributed by atoms with Crippen molar-refractivity contribution in [1.82, 2.24) is 19.4 Å². The van der Waals surface area contributed by atoms with Crippen LogP contribution in [-0.2, 0) is 12.2 Å². The molecule has 4 rings (SSSR count). The van der Waals surface area contributed by atoms with Crippen LogP contribution < -0.4 is 5.56 Å². The van der Waals surface area contributed by atoms with E-state index in [-0.39, 0.29) is 5.56 Å². The molecule has 0 bridgehead atoms. The van der Waals surface area contributed by atoms with Crippen molar-refractivity contribution in [2.45, 2.75) is 31.0 Å². The van der Waals surface area contributed by atoms with Gasteiger partial charge in [0.15, 0.2) is 0 Å². The summed E-state index contributed by atoms with van der Waals surface area (Å²) in [5, 5.41) is 2.02. The number of hydrogen-bond acceptors (Lipinski definition) is 6. The van der Waals surface area contributed by atoms with Crippen LogP contribution in [0.15, 0.2) is 46.5 Å². The fourth-order valence-corrected chi connectivity index (χ4v) is 4.62. The SMILES string of the molecule is CCc1cc2c(SCc3cc(=O)n4c(C)cccc4n3)ncnc2s1. The topological polar surface area (TPSA) is 60.2 Å². The fraction of sp³-hybridized carbons (Fsp3) is 0.222. The molecule has 0 spiro atoms. The van der Waals surface area contributed by atoms with E-state index in [1.165, 1.54) is 4.88 Å². The van der Waals surface area contributed by atoms with Gasteiger partial charge in [-0.3, -0.25) is 9.20 Å². The molecule has 0 N–H and O–H groups in total. The average Bonchev–Trinajstić information content (AvgIpc) is 3.03. The highest BCUT2D eigenvalue weighted by molar-refractivity contribution is 7.98. The van der Waals surface area contributed by atoms with Crippen molar-refractivity contribution >= 4 is 39.0 Å². The van der Waals surface area contributed by atoms with Crippen LogP contribution in [0.3, 0.4) is 0 Å². The van der Waals surface area contributed by atoms with Crippen LogP contribution in [-0.4, -0.2) is 19.4 Å². The Morgan fingerprint density at radius 2 is 2.12 bits per heavy atom. The second-order valence-corrected chi connectivity index (χ2v) is 7.78. The fourth-order valence-electron chi connectivity index (χ4n) is 2.75. The maximum absolute atomic E-state index is 12.4. The number of hydrogen-bond donors (Lipinski definition) is 0. The second-order valence-electron chi connectivity index (χ2n) is 5.70. The number of fused-ring (bicyclic) bond motifs is 2. The van der Waals surface area contributed by atoms with Crippen LogP contribution in [0.4, 0.5) is 0 Å². The predicted octanol–water partition coefficient (Wildman–Crippen LogP) is 3.86. The first-order valence-electron chi connectivity index (χ1n) is 8.00. The van der Waals surface area contributed by atoms with E-state index in [0.29, 0.717) is 11.4 Å². The third kappa shape index (κ3) is 3.05. The van der Waals surface area contributed by atoms with Crippen LogP contribution >= 0.6 is 23.1 Å². The monoisotopic (exact) mass is 368 g/mol. The van der Waals surface area contributed by atoms with Crippen LogP contribution in [0.2, 0.25) is 0 Å². The molecular formula is C18H16N4OS2. The molecule has 0 aromatic carbocycles. The summed E-state index contributed by atoms with van der Waals surface area (Å²) < 4.78 is 1.63. The molecule has 0 aliphatic rings. The second kappa shape index (κ2) is 6.57. The Bertz CT molecular complexity index is 1130. The minimum atomic E-state index is -0.0460. The summed E-state index contributed by atoms with van der Waals surface area (Å²) in [7, 11) is 0. The molecule has 0 radical (unpaired) electrons. The van der Waals surface area contributed by atoms with Gasteiger partial charge in [-0.15, -0.1) is 11.3 Å². The zero-order chi connectivity index (χ0) is 17.4. The molecule has 0 aliphatic carbocycles. The van der Waals surface area contributed by atoms with Gasteiger partial charge in [-0.2, -0.15) is 0 Å². The van der Waals surface area contributed by atoms with Crippen molar-refractivity contribution in [3.8, 4) is 0 Å². The van der Waals surface area contributed by atoms with Gasteiger partial charge in [0.25, 0.3) is 5.56 Å². The van der Waals surface area contributed by atoms with Gasteiger partial charge in [-0.25, -0.2) is 15.0 Å². The van der Waals surface area contributed by atoms with Crippen LogP contribution in [0.25, 0.3) is 15.9 Å². The highest BCUT2D eigenvalue weighted by Gasteiger charge is 2.10. The quantitative estimate of drug-likeness (QED) is 0.404. The Kier molecular flexibility index (Phi) is 4.27. The zero-order valence-corrected chi connectivity index (χ0v) is 15.5. The molecule has 5 nitrogen and oxygen atoms in total. The number of aryl methyl sites for hydroxylation is 2. The number of rotatable bonds is 4. The number of nitrogens with zero attached hydrogens (tertiary/aromatic N) is 4. The van der Waals surface area contributed by atoms with E-state index in [0.717, 1.165) is 33.1 Å². The third-order valence-corrected chi connectivity index (χ3v) is 6.21. The molecule has 0 saturated heterocycles. The van der Waals surface area contributed by atoms with Crippen LogP contribution in [0, 0.1) is 6.92 Å². The summed E-state index contributed by atoms with van der Waals surface area (Å²) in [6, 6.07) is 9.45. The number of pyridine rings is 1. The summed E-state index contributed by atoms with van der Waals surface area (Å²) >= 11 is 3.30. The van der Waals surface area contributed by atoms with Gasteiger partial charge in [0.1, 0.15) is 21.8 Å². The van der Waals surface area contributed by atoms with Gasteiger partial charge in [-0.05, 0) is 31.5 Å². The lowest BCUT2D eigenvalue weighted by atomic mass is 10.3. The summed E-state index contributed by atoms with van der Waals surface area (Å²) in [6.45, 7) is 4.05. The Labute approximate surface area is 152 Å². The van der Waals surface area contributed by atoms with Crippen LogP contribution in [0.5, 0.6) is 0 Å². The van der Waals surface area contributed by atoms with E-state index in [2.05, 4.69) is 27.9 Å². The molecule has 25 heavy (non-hydrogen) atoms.